The molecule has 0 aromatic rings. The summed E-state index contributed by atoms with van der Waals surface area (Å²) in [4.78, 5) is 0. The summed E-state index contributed by atoms with van der Waals surface area (Å²) in [5.74, 6) is -1.61. The summed E-state index contributed by atoms with van der Waals surface area (Å²) in [5.41, 5.74) is 0. The summed E-state index contributed by atoms with van der Waals surface area (Å²) >= 11 is 0. The molecular weight excluding hydrogens is 181 g/mol. The monoisotopic (exact) mass is 203 g/mol. The van der Waals surface area contributed by atoms with Crippen molar-refractivity contribution in [3.8, 4) is 0 Å². The van der Waals surface area contributed by atoms with E-state index in [-0.39, 0.29) is 5.92 Å². The fourth-order valence-corrected chi connectivity index (χ4v) is 0.840. The Morgan fingerprint density at radius 3 is 2.71 bits per heavy atom. The summed E-state index contributed by atoms with van der Waals surface area (Å²) < 4.78 is 18.7. The molecule has 0 rings (SSSR count). The van der Waals surface area contributed by atoms with E-state index in [0.29, 0.717) is 6.61 Å². The van der Waals surface area contributed by atoms with E-state index in [1.807, 2.05) is 13.8 Å². The Hall–Kier alpha value is -0.410. The second kappa shape index (κ2) is 6.96. The normalized spacial score (nSPS) is 15.5. The molecule has 0 spiro atoms. The summed E-state index contributed by atoms with van der Waals surface area (Å²) in [6.45, 7) is 10.8. The van der Waals surface area contributed by atoms with Crippen LogP contribution in [-0.2, 0) is 4.74 Å². The Labute approximate surface area is 86.5 Å². The first-order valence-electron chi connectivity index (χ1n) is 5.15. The molecule has 0 radical (unpaired) electrons. The van der Waals surface area contributed by atoms with Crippen molar-refractivity contribution in [2.75, 3.05) is 19.7 Å². The van der Waals surface area contributed by atoms with Crippen molar-refractivity contribution < 1.29 is 9.13 Å². The van der Waals surface area contributed by atoms with Gasteiger partial charge in [-0.1, -0.05) is 19.9 Å². The Bertz CT molecular complexity index is 157. The van der Waals surface area contributed by atoms with Crippen LogP contribution in [0, 0.1) is 5.92 Å². The Morgan fingerprint density at radius 2 is 2.21 bits per heavy atom. The first kappa shape index (κ1) is 13.6. The SMILES string of the molecule is C=CCNCCCOC(C)(F)C(C)C. The molecule has 0 amide bonds. The summed E-state index contributed by atoms with van der Waals surface area (Å²) in [6, 6.07) is 0. The van der Waals surface area contributed by atoms with E-state index >= 15 is 0 Å². The zero-order chi connectivity index (χ0) is 11.0. The van der Waals surface area contributed by atoms with Crippen LogP contribution in [0.1, 0.15) is 27.2 Å². The van der Waals surface area contributed by atoms with Gasteiger partial charge in [0.05, 0.1) is 6.61 Å². The van der Waals surface area contributed by atoms with Gasteiger partial charge in [-0.2, -0.15) is 0 Å². The molecule has 0 heterocycles. The Morgan fingerprint density at radius 1 is 1.57 bits per heavy atom. The van der Waals surface area contributed by atoms with Crippen LogP contribution in [-0.4, -0.2) is 25.6 Å². The van der Waals surface area contributed by atoms with Gasteiger partial charge >= 0.3 is 0 Å². The minimum atomic E-state index is -1.50. The molecule has 0 fully saturated rings. The number of nitrogens with one attached hydrogen (secondary N) is 1. The second-order valence-corrected chi connectivity index (χ2v) is 3.84. The molecule has 1 N–H and O–H groups in total. The van der Waals surface area contributed by atoms with Gasteiger partial charge in [0, 0.05) is 12.5 Å². The van der Waals surface area contributed by atoms with E-state index in [1.54, 1.807) is 6.08 Å². The molecule has 14 heavy (non-hydrogen) atoms. The highest BCUT2D eigenvalue weighted by atomic mass is 19.2. The van der Waals surface area contributed by atoms with E-state index in [4.69, 9.17) is 4.74 Å². The smallest absolute Gasteiger partial charge is 0.208 e. The molecule has 0 aromatic carbocycles. The number of halogens is 1. The number of hydrogen-bond acceptors (Lipinski definition) is 2. The Balaban J connectivity index is 3.39. The van der Waals surface area contributed by atoms with Crippen LogP contribution in [0.3, 0.4) is 0 Å². The quantitative estimate of drug-likeness (QED) is 0.483. The number of hydrogen-bond donors (Lipinski definition) is 1. The van der Waals surface area contributed by atoms with Gasteiger partial charge in [-0.15, -0.1) is 6.58 Å². The van der Waals surface area contributed by atoms with Crippen molar-refractivity contribution in [1.82, 2.24) is 5.32 Å². The summed E-state index contributed by atoms with van der Waals surface area (Å²) in [5, 5.41) is 3.13. The lowest BCUT2D eigenvalue weighted by Gasteiger charge is -2.24. The average molecular weight is 203 g/mol. The summed E-state index contributed by atoms with van der Waals surface area (Å²) in [7, 11) is 0. The highest BCUT2D eigenvalue weighted by molar-refractivity contribution is 4.69. The molecule has 0 saturated carbocycles. The van der Waals surface area contributed by atoms with Gasteiger partial charge in [0.1, 0.15) is 0 Å². The molecule has 3 heteroatoms. The highest BCUT2D eigenvalue weighted by Gasteiger charge is 2.27. The molecule has 0 saturated heterocycles. The lowest BCUT2D eigenvalue weighted by molar-refractivity contribution is -0.160. The summed E-state index contributed by atoms with van der Waals surface area (Å²) in [6.07, 6.45) is 2.62. The molecule has 0 aliphatic rings. The highest BCUT2D eigenvalue weighted by Crippen LogP contribution is 2.22. The third-order valence-corrected chi connectivity index (χ3v) is 2.20. The largest absolute Gasteiger partial charge is 0.346 e. The number of alkyl halides is 1. The van der Waals surface area contributed by atoms with Crippen LogP contribution in [0.15, 0.2) is 12.7 Å². The van der Waals surface area contributed by atoms with Crippen molar-refractivity contribution in [2.45, 2.75) is 33.0 Å². The third kappa shape index (κ3) is 6.11. The van der Waals surface area contributed by atoms with Crippen LogP contribution in [0.25, 0.3) is 0 Å². The number of rotatable bonds is 8. The van der Waals surface area contributed by atoms with Crippen molar-refractivity contribution in [2.24, 2.45) is 5.92 Å². The maximum Gasteiger partial charge on any atom is 0.208 e. The van der Waals surface area contributed by atoms with Gasteiger partial charge in [0.2, 0.25) is 5.85 Å². The van der Waals surface area contributed by atoms with Crippen LogP contribution in [0.2, 0.25) is 0 Å². The minimum absolute atomic E-state index is 0.108. The first-order chi connectivity index (χ1) is 6.50. The van der Waals surface area contributed by atoms with Crippen LogP contribution in [0.5, 0.6) is 0 Å². The van der Waals surface area contributed by atoms with Crippen LogP contribution >= 0.6 is 0 Å². The first-order valence-corrected chi connectivity index (χ1v) is 5.15. The van der Waals surface area contributed by atoms with Crippen molar-refractivity contribution >= 4 is 0 Å². The fourth-order valence-electron chi connectivity index (χ4n) is 0.840. The van der Waals surface area contributed by atoms with Gasteiger partial charge in [-0.3, -0.25) is 0 Å². The predicted octanol–water partition coefficient (Wildman–Crippen LogP) is 2.51. The zero-order valence-corrected chi connectivity index (χ0v) is 9.48. The average Bonchev–Trinajstić information content (AvgIpc) is 2.10. The van der Waals surface area contributed by atoms with E-state index in [9.17, 15) is 4.39 Å². The van der Waals surface area contributed by atoms with Crippen LogP contribution < -0.4 is 5.32 Å². The van der Waals surface area contributed by atoms with Crippen molar-refractivity contribution in [3.63, 3.8) is 0 Å². The van der Waals surface area contributed by atoms with Crippen LogP contribution in [0.4, 0.5) is 4.39 Å². The van der Waals surface area contributed by atoms with E-state index in [2.05, 4.69) is 11.9 Å². The van der Waals surface area contributed by atoms with E-state index in [0.717, 1.165) is 19.5 Å². The van der Waals surface area contributed by atoms with E-state index < -0.39 is 5.85 Å². The molecule has 1 atom stereocenters. The molecule has 0 aromatic heterocycles. The third-order valence-electron chi connectivity index (χ3n) is 2.20. The van der Waals surface area contributed by atoms with Gasteiger partial charge < -0.3 is 10.1 Å². The second-order valence-electron chi connectivity index (χ2n) is 3.84. The number of ether oxygens (including phenoxy) is 1. The maximum atomic E-state index is 13.5. The molecule has 0 aliphatic carbocycles. The molecule has 0 aliphatic heterocycles. The topological polar surface area (TPSA) is 21.3 Å². The predicted molar refractivity (Wildman–Crippen MR) is 58.0 cm³/mol. The minimum Gasteiger partial charge on any atom is -0.346 e. The van der Waals surface area contributed by atoms with E-state index in [1.165, 1.54) is 6.92 Å². The van der Waals surface area contributed by atoms with Gasteiger partial charge in [0.25, 0.3) is 0 Å². The lowest BCUT2D eigenvalue weighted by atomic mass is 10.1. The Kier molecular flexibility index (Phi) is 6.75. The van der Waals surface area contributed by atoms with Gasteiger partial charge in [-0.25, -0.2) is 4.39 Å². The van der Waals surface area contributed by atoms with Crippen molar-refractivity contribution in [1.29, 1.82) is 0 Å². The molecule has 1 unspecified atom stereocenters. The van der Waals surface area contributed by atoms with Crippen molar-refractivity contribution in [3.05, 3.63) is 12.7 Å². The molecule has 2 nitrogen and oxygen atoms in total. The zero-order valence-electron chi connectivity index (χ0n) is 9.48. The maximum absolute atomic E-state index is 13.5. The molecular formula is C11H22FNO. The lowest BCUT2D eigenvalue weighted by Crippen LogP contribution is -2.30. The fraction of sp³-hybridized carbons (Fsp3) is 0.818. The van der Waals surface area contributed by atoms with Gasteiger partial charge in [-0.05, 0) is 19.9 Å². The molecule has 84 valence electrons. The molecule has 0 bridgehead atoms. The van der Waals surface area contributed by atoms with Gasteiger partial charge in [0.15, 0.2) is 0 Å². The standard InChI is InChI=1S/C11H22FNO/c1-5-7-13-8-6-9-14-11(4,12)10(2)3/h5,10,13H,1,6-9H2,2-4H3.